The lowest BCUT2D eigenvalue weighted by Gasteiger charge is -2.04. The highest BCUT2D eigenvalue weighted by Crippen LogP contribution is 2.21. The molecule has 0 saturated heterocycles. The number of hydrogen-bond acceptors (Lipinski definition) is 5. The van der Waals surface area contributed by atoms with Crippen LogP contribution in [0.3, 0.4) is 0 Å². The van der Waals surface area contributed by atoms with Crippen LogP contribution in [-0.2, 0) is 0 Å². The van der Waals surface area contributed by atoms with E-state index in [1.165, 1.54) is 0 Å². The van der Waals surface area contributed by atoms with E-state index in [4.69, 9.17) is 5.73 Å². The molecule has 0 radical (unpaired) electrons. The van der Waals surface area contributed by atoms with Gasteiger partial charge in [0.1, 0.15) is 0 Å². The molecule has 0 spiro atoms. The number of carbonyl (C=O) groups excluding carboxylic acids is 1. The van der Waals surface area contributed by atoms with E-state index in [-0.39, 0.29) is 5.91 Å². The van der Waals surface area contributed by atoms with E-state index in [2.05, 4.69) is 31.4 Å². The Kier molecular flexibility index (Phi) is 3.39. The van der Waals surface area contributed by atoms with Crippen LogP contribution in [-0.4, -0.2) is 16.1 Å². The second kappa shape index (κ2) is 4.80. The number of nitrogens with two attached hydrogens (primary N) is 1. The zero-order valence-electron chi connectivity index (χ0n) is 8.90. The molecule has 1 aromatic heterocycles. The van der Waals surface area contributed by atoms with Gasteiger partial charge in [-0.15, -0.1) is 10.2 Å². The number of aryl methyl sites for hydroxylation is 1. The molecule has 88 valence electrons. The predicted octanol–water partition coefficient (Wildman–Crippen LogP) is 2.44. The monoisotopic (exact) mass is 312 g/mol. The number of rotatable bonds is 2. The van der Waals surface area contributed by atoms with Crippen molar-refractivity contribution in [1.29, 1.82) is 0 Å². The van der Waals surface area contributed by atoms with Gasteiger partial charge >= 0.3 is 0 Å². The van der Waals surface area contributed by atoms with E-state index < -0.39 is 0 Å². The van der Waals surface area contributed by atoms with Crippen LogP contribution in [0.5, 0.6) is 0 Å². The summed E-state index contributed by atoms with van der Waals surface area (Å²) in [7, 11) is 0. The van der Waals surface area contributed by atoms with Crippen LogP contribution in [0, 0.1) is 6.92 Å². The minimum absolute atomic E-state index is 0.239. The molecule has 0 aliphatic carbocycles. The summed E-state index contributed by atoms with van der Waals surface area (Å²) in [6.07, 6.45) is 0. The van der Waals surface area contributed by atoms with Crippen LogP contribution < -0.4 is 11.1 Å². The second-order valence-electron chi connectivity index (χ2n) is 3.38. The Balaban J connectivity index is 2.22. The molecule has 0 aliphatic heterocycles. The molecule has 17 heavy (non-hydrogen) atoms. The van der Waals surface area contributed by atoms with Crippen LogP contribution >= 0.6 is 27.3 Å². The summed E-state index contributed by atoms with van der Waals surface area (Å²) >= 11 is 4.46. The summed E-state index contributed by atoms with van der Waals surface area (Å²) in [6, 6.07) is 5.55. The van der Waals surface area contributed by atoms with Crippen molar-refractivity contribution in [2.24, 2.45) is 0 Å². The van der Waals surface area contributed by atoms with E-state index >= 15 is 0 Å². The van der Waals surface area contributed by atoms with Crippen molar-refractivity contribution >= 4 is 43.4 Å². The normalized spacial score (nSPS) is 10.2. The van der Waals surface area contributed by atoms with Gasteiger partial charge in [0.25, 0.3) is 5.91 Å². The summed E-state index contributed by atoms with van der Waals surface area (Å²) in [5.74, 6) is -0.239. The highest BCUT2D eigenvalue weighted by molar-refractivity contribution is 9.10. The number of halogens is 1. The molecular weight excluding hydrogens is 304 g/mol. The van der Waals surface area contributed by atoms with Gasteiger partial charge in [0.2, 0.25) is 10.3 Å². The van der Waals surface area contributed by atoms with E-state index in [0.717, 1.165) is 21.4 Å². The summed E-state index contributed by atoms with van der Waals surface area (Å²) in [5, 5.41) is 10.7. The van der Waals surface area contributed by atoms with E-state index in [0.29, 0.717) is 15.8 Å². The average Bonchev–Trinajstić information content (AvgIpc) is 2.67. The molecule has 0 atom stereocenters. The van der Waals surface area contributed by atoms with Gasteiger partial charge in [0.05, 0.1) is 5.56 Å². The Labute approximate surface area is 110 Å². The fourth-order valence-corrected chi connectivity index (χ4v) is 2.19. The molecule has 0 aliphatic rings. The quantitative estimate of drug-likeness (QED) is 0.892. The Morgan fingerprint density at radius 2 is 2.24 bits per heavy atom. The van der Waals surface area contributed by atoms with E-state index in [9.17, 15) is 4.79 Å². The van der Waals surface area contributed by atoms with Crippen LogP contribution in [0.15, 0.2) is 22.7 Å². The third-order valence-corrected chi connectivity index (χ3v) is 3.39. The zero-order chi connectivity index (χ0) is 12.4. The first-order valence-corrected chi connectivity index (χ1v) is 6.33. The molecule has 7 heteroatoms. The van der Waals surface area contributed by atoms with Crippen molar-refractivity contribution in [2.75, 3.05) is 11.1 Å². The molecule has 3 N–H and O–H groups in total. The van der Waals surface area contributed by atoms with Crippen molar-refractivity contribution < 1.29 is 4.79 Å². The number of hydrogen-bond donors (Lipinski definition) is 2. The molecule has 1 aromatic carbocycles. The predicted molar refractivity (Wildman–Crippen MR) is 71.2 cm³/mol. The van der Waals surface area contributed by atoms with Gasteiger partial charge < -0.3 is 5.73 Å². The number of amides is 1. The Hall–Kier alpha value is -1.47. The molecule has 0 fully saturated rings. The van der Waals surface area contributed by atoms with Crippen molar-refractivity contribution in [1.82, 2.24) is 10.2 Å². The van der Waals surface area contributed by atoms with Crippen molar-refractivity contribution in [3.63, 3.8) is 0 Å². The molecule has 0 unspecified atom stereocenters. The highest BCUT2D eigenvalue weighted by atomic mass is 79.9. The fraction of sp³-hybridized carbons (Fsp3) is 0.100. The molecule has 2 aromatic rings. The van der Waals surface area contributed by atoms with Gasteiger partial charge in [0.15, 0.2) is 0 Å². The van der Waals surface area contributed by atoms with Crippen LogP contribution in [0.25, 0.3) is 0 Å². The fourth-order valence-electron chi connectivity index (χ4n) is 1.26. The highest BCUT2D eigenvalue weighted by Gasteiger charge is 2.12. The number of nitrogen functional groups attached to an aromatic ring is 1. The Morgan fingerprint density at radius 1 is 1.47 bits per heavy atom. The SMILES string of the molecule is Cc1ccc(Br)c(C(=O)Nc2nnc(N)s2)c1. The zero-order valence-corrected chi connectivity index (χ0v) is 11.3. The maximum atomic E-state index is 12.0. The minimum atomic E-state index is -0.239. The van der Waals surface area contributed by atoms with Gasteiger partial charge in [-0.3, -0.25) is 10.1 Å². The Morgan fingerprint density at radius 3 is 2.88 bits per heavy atom. The largest absolute Gasteiger partial charge is 0.374 e. The lowest BCUT2D eigenvalue weighted by atomic mass is 10.1. The maximum absolute atomic E-state index is 12.0. The molecule has 5 nitrogen and oxygen atoms in total. The minimum Gasteiger partial charge on any atom is -0.374 e. The van der Waals surface area contributed by atoms with Gasteiger partial charge in [-0.25, -0.2) is 0 Å². The number of nitrogens with zero attached hydrogens (tertiary/aromatic N) is 2. The molecular formula is C10H9BrN4OS. The third kappa shape index (κ3) is 2.80. The number of carbonyl (C=O) groups is 1. The van der Waals surface area contributed by atoms with Crippen LogP contribution in [0.2, 0.25) is 0 Å². The Bertz CT molecular complexity index is 569. The van der Waals surface area contributed by atoms with Crippen molar-refractivity contribution in [3.05, 3.63) is 33.8 Å². The lowest BCUT2D eigenvalue weighted by molar-refractivity contribution is 0.102. The first kappa shape index (κ1) is 12.0. The average molecular weight is 313 g/mol. The summed E-state index contributed by atoms with van der Waals surface area (Å²) in [6.45, 7) is 1.92. The molecule has 2 rings (SSSR count). The van der Waals surface area contributed by atoms with E-state index in [1.54, 1.807) is 6.07 Å². The topological polar surface area (TPSA) is 80.9 Å². The summed E-state index contributed by atoms with van der Waals surface area (Å²) < 4.78 is 0.734. The smallest absolute Gasteiger partial charge is 0.258 e. The van der Waals surface area contributed by atoms with Crippen LogP contribution in [0.1, 0.15) is 15.9 Å². The number of nitrogens with one attached hydrogen (secondary N) is 1. The summed E-state index contributed by atoms with van der Waals surface area (Å²) in [5.41, 5.74) is 7.00. The van der Waals surface area contributed by atoms with Crippen molar-refractivity contribution in [2.45, 2.75) is 6.92 Å². The first-order valence-electron chi connectivity index (χ1n) is 4.73. The second-order valence-corrected chi connectivity index (χ2v) is 5.25. The molecule has 1 amide bonds. The van der Waals surface area contributed by atoms with Crippen LogP contribution in [0.4, 0.5) is 10.3 Å². The van der Waals surface area contributed by atoms with E-state index in [1.807, 2.05) is 19.1 Å². The van der Waals surface area contributed by atoms with Gasteiger partial charge in [-0.2, -0.15) is 0 Å². The standard InChI is InChI=1S/C10H9BrN4OS/c1-5-2-3-7(11)6(4-5)8(16)13-10-15-14-9(12)17-10/h2-4H,1H3,(H2,12,14)(H,13,15,16). The molecule has 0 bridgehead atoms. The summed E-state index contributed by atoms with van der Waals surface area (Å²) in [4.78, 5) is 12.0. The van der Waals surface area contributed by atoms with Gasteiger partial charge in [0, 0.05) is 4.47 Å². The lowest BCUT2D eigenvalue weighted by Crippen LogP contribution is -2.12. The third-order valence-electron chi connectivity index (χ3n) is 2.03. The number of anilines is 2. The molecule has 0 saturated carbocycles. The van der Waals surface area contributed by atoms with Gasteiger partial charge in [-0.1, -0.05) is 23.0 Å². The van der Waals surface area contributed by atoms with Gasteiger partial charge in [-0.05, 0) is 35.0 Å². The number of benzene rings is 1. The van der Waals surface area contributed by atoms with Crippen molar-refractivity contribution in [3.8, 4) is 0 Å². The number of aromatic nitrogens is 2. The first-order chi connectivity index (χ1) is 8.06. The maximum Gasteiger partial charge on any atom is 0.258 e. The molecule has 1 heterocycles.